The van der Waals surface area contributed by atoms with Crippen LogP contribution >= 0.6 is 0 Å². The summed E-state index contributed by atoms with van der Waals surface area (Å²) < 4.78 is 0. The van der Waals surface area contributed by atoms with Gasteiger partial charge in [0.2, 0.25) is 11.8 Å². The number of nitrogens with zero attached hydrogens (tertiary/aromatic N) is 3. The Bertz CT molecular complexity index is 882. The molecule has 4 heterocycles. The zero-order valence-electron chi connectivity index (χ0n) is 17.3. The summed E-state index contributed by atoms with van der Waals surface area (Å²) in [6.07, 6.45) is 5.75. The monoisotopic (exact) mass is 433 g/mol. The van der Waals surface area contributed by atoms with Gasteiger partial charge in [-0.25, -0.2) is 4.98 Å². The Morgan fingerprint density at radius 3 is 2.68 bits per heavy atom. The molecule has 1 aromatic heterocycles. The average Bonchev–Trinajstić information content (AvgIpc) is 2.74. The van der Waals surface area contributed by atoms with E-state index in [1.807, 2.05) is 4.90 Å². The number of carboxylic acid groups (broad SMARTS) is 1. The molecule has 3 fully saturated rings. The summed E-state index contributed by atoms with van der Waals surface area (Å²) in [5.74, 6) is 0.159. The van der Waals surface area contributed by atoms with Gasteiger partial charge < -0.3 is 25.2 Å². The van der Waals surface area contributed by atoms with Crippen LogP contribution < -0.4 is 10.9 Å². The normalized spacial score (nSPS) is 26.8. The first-order chi connectivity index (χ1) is 14.8. The van der Waals surface area contributed by atoms with Gasteiger partial charge in [-0.1, -0.05) is 0 Å². The number of fused-ring (bicyclic) bond motifs is 4. The molecule has 4 atom stereocenters. The number of carbonyl (C=O) groups is 4. The summed E-state index contributed by atoms with van der Waals surface area (Å²) in [6.45, 7) is 2.72. The number of carbonyl (C=O) groups excluding carboxylic acids is 3. The molecule has 2 bridgehead atoms. The van der Waals surface area contributed by atoms with Gasteiger partial charge in [0.15, 0.2) is 0 Å². The molecule has 0 spiro atoms. The molecule has 0 aromatic carbocycles. The maximum absolute atomic E-state index is 12.9. The largest absolute Gasteiger partial charge is 0.483 e. The molecule has 0 aliphatic carbocycles. The van der Waals surface area contributed by atoms with Crippen LogP contribution in [0.4, 0.5) is 0 Å². The molecule has 0 unspecified atom stereocenters. The van der Waals surface area contributed by atoms with Gasteiger partial charge in [-0.3, -0.25) is 24.0 Å². The number of hydrogen-bond acceptors (Lipinski definition) is 6. The lowest BCUT2D eigenvalue weighted by molar-refractivity contribution is -0.151. The molecule has 3 aliphatic rings. The van der Waals surface area contributed by atoms with E-state index in [2.05, 4.69) is 15.3 Å². The van der Waals surface area contributed by atoms with E-state index < -0.39 is 0 Å². The highest BCUT2D eigenvalue weighted by Gasteiger charge is 2.50. The smallest absolute Gasteiger partial charge is 0.290 e. The molecule has 0 saturated carbocycles. The van der Waals surface area contributed by atoms with Crippen LogP contribution in [0.25, 0.3) is 0 Å². The number of nitrogens with one attached hydrogen (secondary N) is 2. The molecule has 1 aromatic rings. The minimum absolute atomic E-state index is 0.0999. The lowest BCUT2D eigenvalue weighted by Gasteiger charge is -2.56. The maximum Gasteiger partial charge on any atom is 0.290 e. The van der Waals surface area contributed by atoms with Gasteiger partial charge in [-0.15, -0.1) is 0 Å². The van der Waals surface area contributed by atoms with Crippen LogP contribution in [-0.2, 0) is 14.4 Å². The highest BCUT2D eigenvalue weighted by molar-refractivity contribution is 5.92. The first-order valence-electron chi connectivity index (χ1n) is 10.3. The number of piperidine rings is 3. The average molecular weight is 433 g/mol. The maximum atomic E-state index is 12.9. The predicted octanol–water partition coefficient (Wildman–Crippen LogP) is -0.552. The molecule has 168 valence electrons. The van der Waals surface area contributed by atoms with Crippen LogP contribution in [0.1, 0.15) is 43.1 Å². The molecular weight excluding hydrogens is 406 g/mol. The van der Waals surface area contributed by atoms with Gasteiger partial charge in [0.25, 0.3) is 17.9 Å². The molecule has 3 N–H and O–H groups in total. The first-order valence-corrected chi connectivity index (χ1v) is 10.3. The van der Waals surface area contributed by atoms with Gasteiger partial charge in [0.1, 0.15) is 5.69 Å². The minimum Gasteiger partial charge on any atom is -0.483 e. The highest BCUT2D eigenvalue weighted by Crippen LogP contribution is 2.41. The van der Waals surface area contributed by atoms with Crippen molar-refractivity contribution in [3.63, 3.8) is 0 Å². The van der Waals surface area contributed by atoms with Crippen molar-refractivity contribution >= 4 is 24.2 Å². The summed E-state index contributed by atoms with van der Waals surface area (Å²) in [4.78, 5) is 66.9. The predicted molar refractivity (Wildman–Crippen MR) is 108 cm³/mol. The quantitative estimate of drug-likeness (QED) is 0.541. The van der Waals surface area contributed by atoms with Crippen LogP contribution in [0.3, 0.4) is 0 Å². The van der Waals surface area contributed by atoms with Crippen molar-refractivity contribution in [2.45, 2.75) is 44.7 Å². The summed E-state index contributed by atoms with van der Waals surface area (Å²) in [7, 11) is 0. The van der Waals surface area contributed by atoms with Crippen molar-refractivity contribution in [3.8, 4) is 0 Å². The number of amides is 3. The van der Waals surface area contributed by atoms with Crippen molar-refractivity contribution < 1.29 is 24.3 Å². The Morgan fingerprint density at radius 2 is 2.03 bits per heavy atom. The molecule has 4 rings (SSSR count). The van der Waals surface area contributed by atoms with E-state index in [0.29, 0.717) is 26.1 Å². The van der Waals surface area contributed by atoms with E-state index in [1.165, 1.54) is 13.1 Å². The molecule has 11 nitrogen and oxygen atoms in total. The van der Waals surface area contributed by atoms with Crippen LogP contribution in [0.5, 0.6) is 0 Å². The summed E-state index contributed by atoms with van der Waals surface area (Å²) in [5.41, 5.74) is -0.131. The Balaban J connectivity index is 0.000000858. The van der Waals surface area contributed by atoms with Gasteiger partial charge in [0.05, 0.1) is 12.2 Å². The van der Waals surface area contributed by atoms with E-state index in [1.54, 1.807) is 4.90 Å². The van der Waals surface area contributed by atoms with Crippen LogP contribution in [0.2, 0.25) is 0 Å². The fraction of sp³-hybridized carbons (Fsp3) is 0.600. The molecule has 3 saturated heterocycles. The lowest BCUT2D eigenvalue weighted by atomic mass is 9.72. The van der Waals surface area contributed by atoms with Gasteiger partial charge in [-0.2, -0.15) is 0 Å². The van der Waals surface area contributed by atoms with Crippen molar-refractivity contribution in [1.82, 2.24) is 25.1 Å². The number of H-pyrrole nitrogens is 1. The van der Waals surface area contributed by atoms with Gasteiger partial charge in [-0.05, 0) is 31.1 Å². The molecule has 3 amide bonds. The third-order valence-corrected chi connectivity index (χ3v) is 6.24. The molecule has 3 aliphatic heterocycles. The first kappa shape index (κ1) is 22.4. The van der Waals surface area contributed by atoms with E-state index in [9.17, 15) is 19.2 Å². The second-order valence-electron chi connectivity index (χ2n) is 8.13. The van der Waals surface area contributed by atoms with E-state index >= 15 is 0 Å². The van der Waals surface area contributed by atoms with Gasteiger partial charge >= 0.3 is 0 Å². The second kappa shape index (κ2) is 9.71. The van der Waals surface area contributed by atoms with Crippen LogP contribution in [-0.4, -0.2) is 80.8 Å². The number of hydrogen-bond donors (Lipinski definition) is 3. The lowest BCUT2D eigenvalue weighted by Crippen LogP contribution is -2.67. The number of rotatable bonds is 3. The number of aromatic nitrogens is 2. The van der Waals surface area contributed by atoms with Crippen LogP contribution in [0, 0.1) is 11.8 Å². The third kappa shape index (κ3) is 4.92. The van der Waals surface area contributed by atoms with E-state index in [4.69, 9.17) is 9.90 Å². The summed E-state index contributed by atoms with van der Waals surface area (Å²) in [5, 5.41) is 9.75. The zero-order chi connectivity index (χ0) is 22.5. The SMILES string of the molecule is CC(=O)NC[C@H]1[C@H]2C[C@H](CN(C(=O)c3c[nH]c(=O)cn3)C2)[C@@H]2CCCC(=O)N21.O=CO. The Labute approximate surface area is 178 Å². The van der Waals surface area contributed by atoms with Crippen molar-refractivity contribution in [2.75, 3.05) is 19.6 Å². The Kier molecular flexibility index (Phi) is 7.03. The zero-order valence-corrected chi connectivity index (χ0v) is 17.3. The van der Waals surface area contributed by atoms with Crippen molar-refractivity contribution in [2.24, 2.45) is 11.8 Å². The van der Waals surface area contributed by atoms with Crippen molar-refractivity contribution in [1.29, 1.82) is 0 Å². The Morgan fingerprint density at radius 1 is 1.32 bits per heavy atom. The topological polar surface area (TPSA) is 153 Å². The van der Waals surface area contributed by atoms with Crippen molar-refractivity contribution in [3.05, 3.63) is 28.4 Å². The van der Waals surface area contributed by atoms with E-state index in [-0.39, 0.29) is 59.4 Å². The number of likely N-dealkylation sites (tertiary alicyclic amines) is 1. The van der Waals surface area contributed by atoms with Crippen LogP contribution in [0.15, 0.2) is 17.2 Å². The standard InChI is InChI=1S/C19H25N5O4.CH2O2/c1-11(25)20-7-16-13-5-12(15-3-2-4-18(27)24(15)16)9-23(10-13)19(28)14-6-22-17(26)8-21-14;2-1-3/h6,8,12-13,15-16H,2-5,7,9-10H2,1H3,(H,20,25)(H,22,26);1H,(H,2,3)/t12-,13+,15+,16+;/m1./s1. The highest BCUT2D eigenvalue weighted by atomic mass is 16.3. The number of aromatic amines is 1. The van der Waals surface area contributed by atoms with Gasteiger partial charge in [0, 0.05) is 45.2 Å². The molecule has 11 heteroatoms. The fourth-order valence-electron chi connectivity index (χ4n) is 5.07. The summed E-state index contributed by atoms with van der Waals surface area (Å²) >= 11 is 0. The third-order valence-electron chi connectivity index (χ3n) is 6.24. The molecular formula is C20H27N5O6. The molecule has 31 heavy (non-hydrogen) atoms. The summed E-state index contributed by atoms with van der Waals surface area (Å²) in [6, 6.07) is 0.00693. The fourth-order valence-corrected chi connectivity index (χ4v) is 5.07. The molecule has 0 radical (unpaired) electrons. The Hall–Kier alpha value is -3.24. The minimum atomic E-state index is -0.348. The van der Waals surface area contributed by atoms with E-state index in [0.717, 1.165) is 25.5 Å². The second-order valence-corrected chi connectivity index (χ2v) is 8.13.